The molecule has 0 spiro atoms. The van der Waals surface area contributed by atoms with E-state index >= 15 is 0 Å². The van der Waals surface area contributed by atoms with Gasteiger partial charge in [-0.3, -0.25) is 4.90 Å². The topological polar surface area (TPSA) is 97.1 Å². The fourth-order valence-corrected chi connectivity index (χ4v) is 4.86. The Morgan fingerprint density at radius 2 is 1.83 bits per heavy atom. The minimum Gasteiger partial charge on any atom is -0.453 e. The molecule has 2 aliphatic rings. The normalized spacial score (nSPS) is 28.2. The third-order valence-electron chi connectivity index (χ3n) is 6.34. The predicted molar refractivity (Wildman–Crippen MR) is 117 cm³/mol. The number of hydrogen-bond donors (Lipinski definition) is 2. The molecule has 4 unspecified atom stereocenters. The molecule has 1 aliphatic heterocycles. The minimum absolute atomic E-state index is 0.0275. The summed E-state index contributed by atoms with van der Waals surface area (Å²) in [7, 11) is 1.41. The number of amides is 2. The highest BCUT2D eigenvalue weighted by molar-refractivity contribution is 5.71. The number of methoxy groups -OCH3 is 1. The van der Waals surface area contributed by atoms with Crippen molar-refractivity contribution in [2.75, 3.05) is 26.7 Å². The van der Waals surface area contributed by atoms with Gasteiger partial charge in [0, 0.05) is 12.1 Å². The van der Waals surface area contributed by atoms with Gasteiger partial charge >= 0.3 is 12.2 Å². The highest BCUT2D eigenvalue weighted by atomic mass is 16.6. The Bertz CT molecular complexity index is 592. The summed E-state index contributed by atoms with van der Waals surface area (Å²) in [4.78, 5) is 29.1. The van der Waals surface area contributed by atoms with Crippen molar-refractivity contribution >= 4 is 12.2 Å². The van der Waals surface area contributed by atoms with Crippen molar-refractivity contribution in [3.05, 3.63) is 0 Å². The van der Waals surface area contributed by atoms with Crippen LogP contribution in [0.25, 0.3) is 0 Å². The molecular formula is C22H42N4O4. The average molecular weight is 427 g/mol. The molecule has 8 nitrogen and oxygen atoms in total. The molecule has 0 bridgehead atoms. The van der Waals surface area contributed by atoms with Gasteiger partial charge in [-0.1, -0.05) is 0 Å². The first-order valence-corrected chi connectivity index (χ1v) is 11.3. The number of carbonyl (C=O) groups excluding carboxylic acids is 2. The lowest BCUT2D eigenvalue weighted by atomic mass is 9.73. The number of fused-ring (bicyclic) bond motifs is 1. The summed E-state index contributed by atoms with van der Waals surface area (Å²) in [5.74, 6) is 0.701. The molecule has 0 radical (unpaired) electrons. The number of piperazine rings is 1. The molecule has 1 aliphatic carbocycles. The van der Waals surface area contributed by atoms with Crippen molar-refractivity contribution in [1.82, 2.24) is 15.1 Å². The molecule has 1 heterocycles. The van der Waals surface area contributed by atoms with Gasteiger partial charge in [-0.15, -0.1) is 0 Å². The average Bonchev–Trinajstić information content (AvgIpc) is 2.65. The van der Waals surface area contributed by atoms with E-state index in [1.54, 1.807) is 0 Å². The maximum Gasteiger partial charge on any atom is 0.410 e. The summed E-state index contributed by atoms with van der Waals surface area (Å²) in [6.07, 6.45) is 1.81. The van der Waals surface area contributed by atoms with Crippen LogP contribution in [-0.2, 0) is 9.47 Å². The van der Waals surface area contributed by atoms with Crippen LogP contribution in [0.15, 0.2) is 0 Å². The lowest BCUT2D eigenvalue weighted by molar-refractivity contribution is -0.0449. The van der Waals surface area contributed by atoms with E-state index in [0.29, 0.717) is 24.9 Å². The molecule has 2 amide bonds. The summed E-state index contributed by atoms with van der Waals surface area (Å²) in [6.45, 7) is 14.0. The first-order chi connectivity index (χ1) is 14.0. The van der Waals surface area contributed by atoms with Crippen molar-refractivity contribution in [3.63, 3.8) is 0 Å². The summed E-state index contributed by atoms with van der Waals surface area (Å²) < 4.78 is 10.6. The highest BCUT2D eigenvalue weighted by Crippen LogP contribution is 2.39. The number of rotatable bonds is 5. The molecule has 0 aromatic heterocycles. The molecule has 2 fully saturated rings. The monoisotopic (exact) mass is 426 g/mol. The number of nitrogens with zero attached hydrogens (tertiary/aromatic N) is 2. The summed E-state index contributed by atoms with van der Waals surface area (Å²) >= 11 is 0. The molecule has 1 saturated carbocycles. The van der Waals surface area contributed by atoms with Gasteiger partial charge in [0.15, 0.2) is 0 Å². The van der Waals surface area contributed by atoms with E-state index in [4.69, 9.17) is 15.2 Å². The molecule has 5 atom stereocenters. The van der Waals surface area contributed by atoms with Gasteiger partial charge in [0.2, 0.25) is 0 Å². The van der Waals surface area contributed by atoms with Crippen LogP contribution in [-0.4, -0.2) is 78.5 Å². The Hall–Kier alpha value is -1.54. The van der Waals surface area contributed by atoms with Crippen LogP contribution in [0.2, 0.25) is 0 Å². The van der Waals surface area contributed by atoms with Gasteiger partial charge in [0.05, 0.1) is 31.3 Å². The van der Waals surface area contributed by atoms with Crippen molar-refractivity contribution in [1.29, 1.82) is 0 Å². The second kappa shape index (κ2) is 10.2. The molecule has 0 aromatic rings. The van der Waals surface area contributed by atoms with E-state index in [2.05, 4.69) is 26.1 Å². The lowest BCUT2D eigenvalue weighted by Gasteiger charge is -2.53. The Morgan fingerprint density at radius 3 is 2.37 bits per heavy atom. The molecule has 2 rings (SSSR count). The summed E-state index contributed by atoms with van der Waals surface area (Å²) in [5.41, 5.74) is 6.18. The Kier molecular flexibility index (Phi) is 8.39. The third-order valence-corrected chi connectivity index (χ3v) is 6.34. The second-order valence-corrected chi connectivity index (χ2v) is 10.1. The smallest absolute Gasteiger partial charge is 0.410 e. The van der Waals surface area contributed by atoms with Crippen molar-refractivity contribution < 1.29 is 19.1 Å². The first-order valence-electron chi connectivity index (χ1n) is 11.3. The predicted octanol–water partition coefficient (Wildman–Crippen LogP) is 2.80. The van der Waals surface area contributed by atoms with Gasteiger partial charge in [-0.05, 0) is 85.7 Å². The second-order valence-electron chi connectivity index (χ2n) is 10.1. The van der Waals surface area contributed by atoms with Crippen LogP contribution in [0, 0.1) is 11.8 Å². The van der Waals surface area contributed by atoms with Gasteiger partial charge in [0.1, 0.15) is 0 Å². The van der Waals surface area contributed by atoms with Gasteiger partial charge in [0.25, 0.3) is 0 Å². The van der Waals surface area contributed by atoms with Crippen LogP contribution >= 0.6 is 0 Å². The number of hydrogen-bond acceptors (Lipinski definition) is 6. The van der Waals surface area contributed by atoms with Gasteiger partial charge in [-0.25, -0.2) is 9.59 Å². The fourth-order valence-electron chi connectivity index (χ4n) is 4.86. The minimum atomic E-state index is -0.322. The van der Waals surface area contributed by atoms with Gasteiger partial charge in [-0.2, -0.15) is 0 Å². The van der Waals surface area contributed by atoms with E-state index in [1.165, 1.54) is 7.11 Å². The molecular weight excluding hydrogens is 384 g/mol. The summed E-state index contributed by atoms with van der Waals surface area (Å²) in [6, 6.07) is -0.275. The maximum absolute atomic E-state index is 12.9. The molecule has 1 saturated heterocycles. The Morgan fingerprint density at radius 1 is 1.17 bits per heavy atom. The van der Waals surface area contributed by atoms with E-state index in [0.717, 1.165) is 25.8 Å². The van der Waals surface area contributed by atoms with Gasteiger partial charge < -0.3 is 25.4 Å². The lowest BCUT2D eigenvalue weighted by Crippen LogP contribution is -2.67. The van der Waals surface area contributed by atoms with Crippen LogP contribution in [0.3, 0.4) is 0 Å². The third kappa shape index (κ3) is 6.00. The van der Waals surface area contributed by atoms with E-state index in [-0.39, 0.29) is 42.0 Å². The zero-order chi connectivity index (χ0) is 22.6. The quantitative estimate of drug-likeness (QED) is 0.702. The zero-order valence-electron chi connectivity index (χ0n) is 19.8. The zero-order valence-corrected chi connectivity index (χ0v) is 19.8. The molecule has 174 valence electrons. The Labute approximate surface area is 181 Å². The van der Waals surface area contributed by atoms with Crippen molar-refractivity contribution in [3.8, 4) is 0 Å². The highest BCUT2D eigenvalue weighted by Gasteiger charge is 2.48. The number of carbonyl (C=O) groups is 2. The SMILES string of the molecule is COC(=O)N1C2CCC(C(CN)CNC(C)(C)C)CC2N(C(=O)OC(C)C)C[C@@H]1C. The van der Waals surface area contributed by atoms with E-state index in [9.17, 15) is 9.59 Å². The van der Waals surface area contributed by atoms with E-state index in [1.807, 2.05) is 30.6 Å². The Balaban J connectivity index is 2.23. The fraction of sp³-hybridized carbons (Fsp3) is 0.909. The van der Waals surface area contributed by atoms with Crippen molar-refractivity contribution in [2.24, 2.45) is 17.6 Å². The molecule has 30 heavy (non-hydrogen) atoms. The molecule has 0 aromatic carbocycles. The van der Waals surface area contributed by atoms with Crippen LogP contribution in [0.1, 0.15) is 60.8 Å². The molecule has 8 heteroatoms. The first kappa shape index (κ1) is 24.7. The number of nitrogens with two attached hydrogens (primary N) is 1. The number of nitrogens with one attached hydrogen (secondary N) is 1. The standard InChI is InChI=1S/C22H42N4O4/c1-14(2)30-20(27)25-13-15(3)26(21(28)29-7)18-9-8-16(10-19(18)25)17(11-23)12-24-22(4,5)6/h14-19,24H,8-13,23H2,1-7H3/t15-,16?,17?,18?,19?/m0/s1. The molecule has 3 N–H and O–H groups in total. The van der Waals surface area contributed by atoms with Crippen molar-refractivity contribution in [2.45, 2.75) is 90.6 Å². The van der Waals surface area contributed by atoms with Crippen LogP contribution in [0.4, 0.5) is 9.59 Å². The maximum atomic E-state index is 12.9. The van der Waals surface area contributed by atoms with E-state index < -0.39 is 0 Å². The number of ether oxygens (including phenoxy) is 2. The van der Waals surface area contributed by atoms with Crippen LogP contribution < -0.4 is 11.1 Å². The summed E-state index contributed by atoms with van der Waals surface area (Å²) in [5, 5.41) is 3.58. The van der Waals surface area contributed by atoms with Crippen LogP contribution in [0.5, 0.6) is 0 Å². The largest absolute Gasteiger partial charge is 0.453 e.